The van der Waals surface area contributed by atoms with Crippen LogP contribution in [-0.4, -0.2) is 42.0 Å². The number of hydrogen-bond acceptors (Lipinski definition) is 7. The fraction of sp³-hybridized carbons (Fsp3) is 0.286. The summed E-state index contributed by atoms with van der Waals surface area (Å²) < 4.78 is 1.53. The lowest BCUT2D eigenvalue weighted by atomic mass is 10.5. The van der Waals surface area contributed by atoms with Gasteiger partial charge in [0.2, 0.25) is 5.16 Å². The maximum absolute atomic E-state index is 10.4. The average Bonchev–Trinajstić information content (AvgIpc) is 2.87. The number of thioether (sulfide) groups is 1. The highest BCUT2D eigenvalue weighted by molar-refractivity contribution is 7.99. The lowest BCUT2D eigenvalue weighted by molar-refractivity contribution is -0.133. The number of rotatable bonds is 5. The van der Waals surface area contributed by atoms with E-state index < -0.39 is 5.97 Å². The molecule has 16 heavy (non-hydrogen) atoms. The number of carboxylic acids is 1. The van der Waals surface area contributed by atoms with E-state index in [-0.39, 0.29) is 5.75 Å². The van der Waals surface area contributed by atoms with Crippen molar-refractivity contribution in [1.82, 2.24) is 25.2 Å². The summed E-state index contributed by atoms with van der Waals surface area (Å²) in [6.45, 7) is 0.457. The Morgan fingerprint density at radius 2 is 2.50 bits per heavy atom. The molecule has 0 amide bonds. The zero-order valence-electron chi connectivity index (χ0n) is 7.98. The molecule has 0 radical (unpaired) electrons. The molecular formula is C7H7N5O2S2. The molecule has 9 heteroatoms. The van der Waals surface area contributed by atoms with Gasteiger partial charge in [0.25, 0.3) is 0 Å². The third-order valence-corrected chi connectivity index (χ3v) is 3.20. The summed E-state index contributed by atoms with van der Waals surface area (Å²) in [5, 5.41) is 22.0. The third kappa shape index (κ3) is 2.76. The Balaban J connectivity index is 2.04. The van der Waals surface area contributed by atoms with Crippen LogP contribution < -0.4 is 0 Å². The highest BCUT2D eigenvalue weighted by atomic mass is 32.2. The summed E-state index contributed by atoms with van der Waals surface area (Å²) in [5.74, 6) is -0.953. The van der Waals surface area contributed by atoms with Crippen LogP contribution in [0.5, 0.6) is 0 Å². The van der Waals surface area contributed by atoms with Gasteiger partial charge in [-0.05, 0) is 10.4 Å². The zero-order chi connectivity index (χ0) is 11.4. The van der Waals surface area contributed by atoms with Crippen molar-refractivity contribution >= 4 is 29.1 Å². The Morgan fingerprint density at radius 3 is 3.19 bits per heavy atom. The first kappa shape index (κ1) is 11.0. The third-order valence-electron chi connectivity index (χ3n) is 1.62. The molecule has 0 atom stereocenters. The first-order valence-electron chi connectivity index (χ1n) is 4.23. The van der Waals surface area contributed by atoms with Gasteiger partial charge in [0.1, 0.15) is 0 Å². The van der Waals surface area contributed by atoms with Gasteiger partial charge in [0.15, 0.2) is 0 Å². The van der Waals surface area contributed by atoms with Crippen LogP contribution in [0.1, 0.15) is 5.69 Å². The predicted octanol–water partition coefficient (Wildman–Crippen LogP) is 0.355. The number of aromatic nitrogens is 5. The van der Waals surface area contributed by atoms with Gasteiger partial charge in [-0.15, -0.1) is 16.4 Å². The fourth-order valence-electron chi connectivity index (χ4n) is 0.994. The minimum atomic E-state index is -0.895. The maximum Gasteiger partial charge on any atom is 0.313 e. The summed E-state index contributed by atoms with van der Waals surface area (Å²) in [6, 6.07) is 0. The van der Waals surface area contributed by atoms with E-state index in [0.717, 1.165) is 17.5 Å². The second-order valence-electron chi connectivity index (χ2n) is 2.78. The largest absolute Gasteiger partial charge is 0.481 e. The van der Waals surface area contributed by atoms with E-state index >= 15 is 0 Å². The number of nitrogens with zero attached hydrogens (tertiary/aromatic N) is 5. The predicted molar refractivity (Wildman–Crippen MR) is 57.4 cm³/mol. The van der Waals surface area contributed by atoms with Crippen molar-refractivity contribution in [3.8, 4) is 0 Å². The molecule has 1 N–H and O–H groups in total. The maximum atomic E-state index is 10.4. The Bertz CT molecular complexity index is 469. The highest BCUT2D eigenvalue weighted by Gasteiger charge is 2.10. The van der Waals surface area contributed by atoms with Crippen LogP contribution in [0.3, 0.4) is 0 Å². The molecule has 0 spiro atoms. The number of carbonyl (C=O) groups is 1. The molecular weight excluding hydrogens is 250 g/mol. The van der Waals surface area contributed by atoms with Gasteiger partial charge in [-0.25, -0.2) is 9.67 Å². The summed E-state index contributed by atoms with van der Waals surface area (Å²) >= 11 is 2.58. The molecule has 7 nitrogen and oxygen atoms in total. The zero-order valence-corrected chi connectivity index (χ0v) is 9.61. The smallest absolute Gasteiger partial charge is 0.313 e. The van der Waals surface area contributed by atoms with Crippen LogP contribution in [0, 0.1) is 0 Å². The van der Waals surface area contributed by atoms with Crippen LogP contribution in [-0.2, 0) is 11.3 Å². The summed E-state index contributed by atoms with van der Waals surface area (Å²) in [7, 11) is 0. The molecule has 0 aliphatic rings. The van der Waals surface area contributed by atoms with E-state index in [2.05, 4.69) is 20.5 Å². The Kier molecular flexibility index (Phi) is 3.47. The fourth-order valence-corrected chi connectivity index (χ4v) is 2.14. The van der Waals surface area contributed by atoms with Crippen LogP contribution in [0.4, 0.5) is 0 Å². The van der Waals surface area contributed by atoms with Gasteiger partial charge in [-0.2, -0.15) is 0 Å². The van der Waals surface area contributed by atoms with E-state index in [9.17, 15) is 4.79 Å². The minimum Gasteiger partial charge on any atom is -0.481 e. The van der Waals surface area contributed by atoms with E-state index in [1.165, 1.54) is 16.0 Å². The molecule has 0 unspecified atom stereocenters. The topological polar surface area (TPSA) is 93.8 Å². The SMILES string of the molecule is O=C(O)CSc1nnnn1Cc1cscn1. The Morgan fingerprint density at radius 1 is 1.62 bits per heavy atom. The van der Waals surface area contributed by atoms with Crippen LogP contribution in [0.2, 0.25) is 0 Å². The molecule has 0 bridgehead atoms. The van der Waals surface area contributed by atoms with E-state index in [4.69, 9.17) is 5.11 Å². The van der Waals surface area contributed by atoms with Crippen molar-refractivity contribution in [3.05, 3.63) is 16.6 Å². The summed E-state index contributed by atoms with van der Waals surface area (Å²) in [6.07, 6.45) is 0. The molecule has 0 fully saturated rings. The lowest BCUT2D eigenvalue weighted by Gasteiger charge is -1.99. The second-order valence-corrected chi connectivity index (χ2v) is 4.44. The Labute approximate surface area is 98.5 Å². The molecule has 0 aliphatic heterocycles. The van der Waals surface area contributed by atoms with Crippen LogP contribution in [0.15, 0.2) is 16.0 Å². The first-order chi connectivity index (χ1) is 7.75. The molecule has 2 heterocycles. The molecule has 2 aromatic rings. The normalized spacial score (nSPS) is 10.5. The summed E-state index contributed by atoms with van der Waals surface area (Å²) in [4.78, 5) is 14.5. The number of carboxylic acid groups (broad SMARTS) is 1. The molecule has 0 saturated heterocycles. The number of hydrogen-bond donors (Lipinski definition) is 1. The molecule has 0 saturated carbocycles. The number of tetrazole rings is 1. The van der Waals surface area contributed by atoms with Crippen molar-refractivity contribution in [1.29, 1.82) is 0 Å². The monoisotopic (exact) mass is 257 g/mol. The van der Waals surface area contributed by atoms with E-state index in [1.54, 1.807) is 5.51 Å². The van der Waals surface area contributed by atoms with Gasteiger partial charge < -0.3 is 5.11 Å². The van der Waals surface area contributed by atoms with Crippen LogP contribution >= 0.6 is 23.1 Å². The van der Waals surface area contributed by atoms with Crippen molar-refractivity contribution in [3.63, 3.8) is 0 Å². The summed E-state index contributed by atoms with van der Waals surface area (Å²) in [5.41, 5.74) is 2.58. The standard InChI is InChI=1S/C7H7N5O2S2/c13-6(14)3-16-7-9-10-11-12(7)1-5-2-15-4-8-5/h2,4H,1,3H2,(H,13,14). The first-order valence-corrected chi connectivity index (χ1v) is 6.16. The number of aliphatic carboxylic acids is 1. The van der Waals surface area contributed by atoms with Crippen molar-refractivity contribution in [2.75, 3.05) is 5.75 Å². The molecule has 0 aromatic carbocycles. The van der Waals surface area contributed by atoms with Crippen molar-refractivity contribution < 1.29 is 9.90 Å². The highest BCUT2D eigenvalue weighted by Crippen LogP contribution is 2.14. The second kappa shape index (κ2) is 5.03. The van der Waals surface area contributed by atoms with Gasteiger partial charge in [-0.3, -0.25) is 4.79 Å². The molecule has 2 rings (SSSR count). The van der Waals surface area contributed by atoms with Crippen molar-refractivity contribution in [2.24, 2.45) is 0 Å². The molecule has 84 valence electrons. The van der Waals surface area contributed by atoms with Crippen LogP contribution in [0.25, 0.3) is 0 Å². The van der Waals surface area contributed by atoms with E-state index in [1.807, 2.05) is 5.38 Å². The van der Waals surface area contributed by atoms with Gasteiger partial charge in [-0.1, -0.05) is 11.8 Å². The average molecular weight is 257 g/mol. The minimum absolute atomic E-state index is 0.0581. The van der Waals surface area contributed by atoms with E-state index in [0.29, 0.717) is 11.7 Å². The van der Waals surface area contributed by atoms with Crippen molar-refractivity contribution in [2.45, 2.75) is 11.7 Å². The van der Waals surface area contributed by atoms with Gasteiger partial charge >= 0.3 is 5.97 Å². The number of thiazole rings is 1. The molecule has 2 aromatic heterocycles. The molecule has 0 aliphatic carbocycles. The lowest BCUT2D eigenvalue weighted by Crippen LogP contribution is -2.06. The van der Waals surface area contributed by atoms with Gasteiger partial charge in [0.05, 0.1) is 23.5 Å². The quantitative estimate of drug-likeness (QED) is 0.772. The van der Waals surface area contributed by atoms with Gasteiger partial charge in [0, 0.05) is 5.38 Å². The Hall–Kier alpha value is -1.48.